The van der Waals surface area contributed by atoms with Crippen LogP contribution in [-0.2, 0) is 14.8 Å². The molecule has 4 N–H and O–H groups in total. The summed E-state index contributed by atoms with van der Waals surface area (Å²) in [6.07, 6.45) is 6.92. The Labute approximate surface area is 241 Å². The van der Waals surface area contributed by atoms with E-state index in [4.69, 9.17) is 50.5 Å². The van der Waals surface area contributed by atoms with Gasteiger partial charge in [0.2, 0.25) is 27.8 Å². The molecule has 2 aliphatic rings. The lowest BCUT2D eigenvalue weighted by Gasteiger charge is -2.30. The molecule has 15 heteroatoms. The molecular formula is C24H29Cl3N8O3S. The number of halogens is 3. The first-order chi connectivity index (χ1) is 18.5. The minimum Gasteiger partial charge on any atom is -0.369 e. The molecule has 3 aromatic rings. The van der Waals surface area contributed by atoms with Crippen molar-refractivity contribution in [2.24, 2.45) is 11.7 Å². The van der Waals surface area contributed by atoms with E-state index in [1.165, 1.54) is 10.6 Å². The van der Waals surface area contributed by atoms with Crippen molar-refractivity contribution in [1.82, 2.24) is 23.8 Å². The number of benzene rings is 1. The molecule has 1 aliphatic carbocycles. The fraction of sp³-hybridized carbons (Fsp3) is 0.500. The van der Waals surface area contributed by atoms with E-state index in [-0.39, 0.29) is 23.9 Å². The number of primary amides is 1. The number of anilines is 3. The number of nitrogens with one attached hydrogen (secondary N) is 2. The van der Waals surface area contributed by atoms with Crippen LogP contribution in [0.15, 0.2) is 18.3 Å². The van der Waals surface area contributed by atoms with Gasteiger partial charge in [0.05, 0.1) is 28.2 Å². The van der Waals surface area contributed by atoms with Crippen LogP contribution in [0.25, 0.3) is 11.2 Å². The Morgan fingerprint density at radius 2 is 1.67 bits per heavy atom. The molecule has 210 valence electrons. The minimum absolute atomic E-state index is 0.00120. The van der Waals surface area contributed by atoms with Gasteiger partial charge in [-0.2, -0.15) is 4.98 Å². The monoisotopic (exact) mass is 614 g/mol. The molecule has 2 aromatic heterocycles. The Morgan fingerprint density at radius 3 is 2.26 bits per heavy atom. The smallest absolute Gasteiger partial charge is 0.224 e. The number of carbonyl (C=O) groups is 1. The summed E-state index contributed by atoms with van der Waals surface area (Å²) in [6, 6.07) is 3.23. The van der Waals surface area contributed by atoms with Gasteiger partial charge >= 0.3 is 0 Å². The standard InChI is InChI=1S/C24H29Cl3N8O3S/c1-39(37,38)34-8-6-15(7-9-34)30-23-29-12-19-22(33-23)35(16-4-2-13(3-5-16)21(28)36)24(31-19)32-20-17(26)10-14(25)11-18(20)27/h10-13,15-16H,2-9H2,1H3,(H2,28,36)(H,31,32)(H,29,30,33)/t13-,16-. The highest BCUT2D eigenvalue weighted by Gasteiger charge is 2.30. The molecule has 39 heavy (non-hydrogen) atoms. The average Bonchev–Trinajstić information content (AvgIpc) is 3.23. The fourth-order valence-electron chi connectivity index (χ4n) is 5.30. The van der Waals surface area contributed by atoms with Gasteiger partial charge in [0, 0.05) is 36.1 Å². The van der Waals surface area contributed by atoms with Crippen LogP contribution in [-0.4, -0.2) is 63.5 Å². The Bertz CT molecular complexity index is 1480. The van der Waals surface area contributed by atoms with Crippen molar-refractivity contribution in [3.8, 4) is 0 Å². The van der Waals surface area contributed by atoms with Gasteiger partial charge in [0.1, 0.15) is 5.52 Å². The largest absolute Gasteiger partial charge is 0.369 e. The predicted octanol–water partition coefficient (Wildman–Crippen LogP) is 4.58. The number of sulfonamides is 1. The summed E-state index contributed by atoms with van der Waals surface area (Å²) in [5.74, 6) is 0.489. The summed E-state index contributed by atoms with van der Waals surface area (Å²) in [5, 5.41) is 7.73. The number of imidazole rings is 1. The Morgan fingerprint density at radius 1 is 1.03 bits per heavy atom. The molecule has 1 saturated heterocycles. The normalized spacial score (nSPS) is 21.2. The van der Waals surface area contributed by atoms with Crippen molar-refractivity contribution < 1.29 is 13.2 Å². The van der Waals surface area contributed by atoms with Crippen LogP contribution < -0.4 is 16.4 Å². The summed E-state index contributed by atoms with van der Waals surface area (Å²) >= 11 is 19.0. The maximum Gasteiger partial charge on any atom is 0.224 e. The summed E-state index contributed by atoms with van der Waals surface area (Å²) in [4.78, 5) is 25.8. The number of rotatable bonds is 7. The number of amides is 1. The topological polar surface area (TPSA) is 148 Å². The van der Waals surface area contributed by atoms with Crippen molar-refractivity contribution in [3.63, 3.8) is 0 Å². The summed E-state index contributed by atoms with van der Waals surface area (Å²) in [6.45, 7) is 0.882. The highest BCUT2D eigenvalue weighted by atomic mass is 35.5. The fourth-order valence-corrected chi connectivity index (χ4v) is 7.09. The molecular weight excluding hydrogens is 587 g/mol. The number of nitrogens with two attached hydrogens (primary N) is 1. The zero-order chi connectivity index (χ0) is 27.9. The molecule has 1 aromatic carbocycles. The van der Waals surface area contributed by atoms with Gasteiger partial charge in [-0.1, -0.05) is 34.8 Å². The summed E-state index contributed by atoms with van der Waals surface area (Å²) < 4.78 is 27.2. The van der Waals surface area contributed by atoms with Crippen molar-refractivity contribution >= 4 is 79.5 Å². The molecule has 1 saturated carbocycles. The highest BCUT2D eigenvalue weighted by molar-refractivity contribution is 7.88. The lowest BCUT2D eigenvalue weighted by atomic mass is 9.85. The summed E-state index contributed by atoms with van der Waals surface area (Å²) in [5.41, 5.74) is 7.23. The molecule has 1 amide bonds. The number of aromatic nitrogens is 4. The van der Waals surface area contributed by atoms with E-state index in [2.05, 4.69) is 15.6 Å². The zero-order valence-corrected chi connectivity index (χ0v) is 24.3. The maximum atomic E-state index is 11.9. The Hall–Kier alpha value is -2.38. The van der Waals surface area contributed by atoms with Crippen LogP contribution >= 0.6 is 34.8 Å². The van der Waals surface area contributed by atoms with Gasteiger partial charge in [-0.25, -0.2) is 22.7 Å². The molecule has 0 spiro atoms. The number of carbonyl (C=O) groups excluding carboxylic acids is 1. The second-order valence-corrected chi connectivity index (χ2v) is 13.3. The van der Waals surface area contributed by atoms with E-state index >= 15 is 0 Å². The average molecular weight is 616 g/mol. The molecule has 0 unspecified atom stereocenters. The number of hydrogen-bond donors (Lipinski definition) is 3. The first kappa shape index (κ1) is 28.2. The van der Waals surface area contributed by atoms with E-state index < -0.39 is 10.0 Å². The Balaban J connectivity index is 1.46. The van der Waals surface area contributed by atoms with Crippen molar-refractivity contribution in [2.45, 2.75) is 50.6 Å². The number of fused-ring (bicyclic) bond motifs is 1. The van der Waals surface area contributed by atoms with E-state index in [9.17, 15) is 13.2 Å². The van der Waals surface area contributed by atoms with Crippen molar-refractivity contribution in [2.75, 3.05) is 30.0 Å². The molecule has 0 atom stereocenters. The zero-order valence-electron chi connectivity index (χ0n) is 21.2. The number of piperidine rings is 1. The SMILES string of the molecule is CS(=O)(=O)N1CCC(Nc2ncc3nc(Nc4c(Cl)cc(Cl)cc4Cl)n([C@H]4CC[C@H](C(N)=O)CC4)c3n2)CC1. The number of hydrogen-bond acceptors (Lipinski definition) is 8. The van der Waals surface area contributed by atoms with Crippen LogP contribution in [0.5, 0.6) is 0 Å². The minimum atomic E-state index is -3.21. The third-order valence-electron chi connectivity index (χ3n) is 7.40. The van der Waals surface area contributed by atoms with E-state index in [0.29, 0.717) is 95.4 Å². The Kier molecular flexibility index (Phi) is 8.12. The third-order valence-corrected chi connectivity index (χ3v) is 9.51. The molecule has 1 aliphatic heterocycles. The highest BCUT2D eigenvalue weighted by Crippen LogP contribution is 2.40. The van der Waals surface area contributed by atoms with Gasteiger partial charge in [-0.05, 0) is 50.7 Å². The van der Waals surface area contributed by atoms with Gasteiger partial charge in [0.15, 0.2) is 5.65 Å². The van der Waals surface area contributed by atoms with E-state index in [1.54, 1.807) is 18.3 Å². The van der Waals surface area contributed by atoms with Crippen LogP contribution in [0.1, 0.15) is 44.6 Å². The molecule has 0 bridgehead atoms. The van der Waals surface area contributed by atoms with E-state index in [0.717, 1.165) is 0 Å². The quantitative estimate of drug-likeness (QED) is 0.350. The lowest BCUT2D eigenvalue weighted by molar-refractivity contribution is -0.122. The van der Waals surface area contributed by atoms with Crippen LogP contribution in [0, 0.1) is 5.92 Å². The predicted molar refractivity (Wildman–Crippen MR) is 153 cm³/mol. The molecule has 2 fully saturated rings. The third kappa shape index (κ3) is 6.19. The first-order valence-electron chi connectivity index (χ1n) is 12.7. The van der Waals surface area contributed by atoms with Crippen molar-refractivity contribution in [1.29, 1.82) is 0 Å². The summed E-state index contributed by atoms with van der Waals surface area (Å²) in [7, 11) is -3.21. The molecule has 5 rings (SSSR count). The van der Waals surface area contributed by atoms with Crippen molar-refractivity contribution in [3.05, 3.63) is 33.4 Å². The van der Waals surface area contributed by atoms with Crippen LogP contribution in [0.4, 0.5) is 17.6 Å². The number of nitrogens with zero attached hydrogens (tertiary/aromatic N) is 5. The molecule has 3 heterocycles. The molecule has 0 radical (unpaired) electrons. The maximum absolute atomic E-state index is 11.9. The van der Waals surface area contributed by atoms with Gasteiger partial charge in [0.25, 0.3) is 0 Å². The van der Waals surface area contributed by atoms with Gasteiger partial charge in [-0.3, -0.25) is 9.36 Å². The van der Waals surface area contributed by atoms with Crippen LogP contribution in [0.2, 0.25) is 15.1 Å². The van der Waals surface area contributed by atoms with Gasteiger partial charge < -0.3 is 16.4 Å². The van der Waals surface area contributed by atoms with Gasteiger partial charge in [-0.15, -0.1) is 0 Å². The lowest BCUT2D eigenvalue weighted by Crippen LogP contribution is -2.42. The molecule has 11 nitrogen and oxygen atoms in total. The first-order valence-corrected chi connectivity index (χ1v) is 15.7. The second kappa shape index (κ2) is 11.2. The second-order valence-electron chi connectivity index (χ2n) is 10.1. The van der Waals surface area contributed by atoms with E-state index in [1.807, 2.05) is 4.57 Å². The van der Waals surface area contributed by atoms with Crippen LogP contribution in [0.3, 0.4) is 0 Å².